The molecule has 0 aliphatic heterocycles. The predicted octanol–water partition coefficient (Wildman–Crippen LogP) is 3.53. The van der Waals surface area contributed by atoms with Crippen molar-refractivity contribution in [1.29, 1.82) is 0 Å². The summed E-state index contributed by atoms with van der Waals surface area (Å²) in [5.41, 5.74) is 0.395. The highest BCUT2D eigenvalue weighted by Crippen LogP contribution is 2.28. The fourth-order valence-corrected chi connectivity index (χ4v) is 2.83. The van der Waals surface area contributed by atoms with Gasteiger partial charge in [0.2, 0.25) is 5.13 Å². The Bertz CT molecular complexity index is 931. The van der Waals surface area contributed by atoms with Gasteiger partial charge in [-0.2, -0.15) is 0 Å². The van der Waals surface area contributed by atoms with Gasteiger partial charge in [-0.15, -0.1) is 10.2 Å². The first kappa shape index (κ1) is 18.6. The van der Waals surface area contributed by atoms with Crippen molar-refractivity contribution >= 4 is 22.4 Å². The topological polar surface area (TPSA) is 82.6 Å². The van der Waals surface area contributed by atoms with Crippen molar-refractivity contribution in [3.63, 3.8) is 0 Å². The van der Waals surface area contributed by atoms with E-state index in [1.165, 1.54) is 49.8 Å². The molecule has 1 aromatic heterocycles. The van der Waals surface area contributed by atoms with E-state index in [9.17, 15) is 9.18 Å². The highest BCUT2D eigenvalue weighted by atomic mass is 32.1. The predicted molar refractivity (Wildman–Crippen MR) is 98.1 cm³/mol. The van der Waals surface area contributed by atoms with E-state index in [0.717, 1.165) is 0 Å². The van der Waals surface area contributed by atoms with Crippen LogP contribution in [-0.2, 0) is 6.61 Å². The summed E-state index contributed by atoms with van der Waals surface area (Å²) in [5, 5.41) is 11.5. The van der Waals surface area contributed by atoms with Gasteiger partial charge in [0.05, 0.1) is 14.2 Å². The van der Waals surface area contributed by atoms with Crippen LogP contribution in [0, 0.1) is 5.82 Å². The van der Waals surface area contributed by atoms with Crippen LogP contribution in [0.3, 0.4) is 0 Å². The van der Waals surface area contributed by atoms with Crippen LogP contribution in [0.2, 0.25) is 0 Å². The molecule has 9 heteroatoms. The molecule has 0 atom stereocenters. The number of aromatic nitrogens is 2. The first-order valence-electron chi connectivity index (χ1n) is 7.83. The molecule has 2 aromatic carbocycles. The molecule has 1 amide bonds. The molecule has 0 fully saturated rings. The molecule has 0 saturated carbocycles. The summed E-state index contributed by atoms with van der Waals surface area (Å²) >= 11 is 1.19. The molecule has 1 heterocycles. The SMILES string of the molecule is COc1ccc(C(=O)Nc2nnc(COc3ccc(F)cc3)s2)cc1OC. The number of hydrogen-bond donors (Lipinski definition) is 1. The summed E-state index contributed by atoms with van der Waals surface area (Å²) < 4.78 is 28.7. The molecule has 0 saturated heterocycles. The molecule has 0 spiro atoms. The zero-order valence-electron chi connectivity index (χ0n) is 14.6. The summed E-state index contributed by atoms with van der Waals surface area (Å²) in [6.45, 7) is 0.162. The number of carbonyl (C=O) groups excluding carboxylic acids is 1. The third-order valence-electron chi connectivity index (χ3n) is 3.51. The van der Waals surface area contributed by atoms with Gasteiger partial charge < -0.3 is 14.2 Å². The maximum absolute atomic E-state index is 12.9. The van der Waals surface area contributed by atoms with Gasteiger partial charge in [0.25, 0.3) is 5.91 Å². The Labute approximate surface area is 158 Å². The number of halogens is 1. The van der Waals surface area contributed by atoms with Crippen LogP contribution in [0.5, 0.6) is 17.2 Å². The highest BCUT2D eigenvalue weighted by molar-refractivity contribution is 7.15. The summed E-state index contributed by atoms with van der Waals surface area (Å²) in [5.74, 6) is 0.819. The van der Waals surface area contributed by atoms with Crippen molar-refractivity contribution in [3.05, 3.63) is 58.9 Å². The minimum Gasteiger partial charge on any atom is -0.493 e. The molecular formula is C18H16FN3O4S. The Morgan fingerprint density at radius 3 is 2.52 bits per heavy atom. The minimum absolute atomic E-state index is 0.162. The summed E-state index contributed by atoms with van der Waals surface area (Å²) in [6.07, 6.45) is 0. The van der Waals surface area contributed by atoms with Crippen LogP contribution in [0.4, 0.5) is 9.52 Å². The van der Waals surface area contributed by atoms with Crippen molar-refractivity contribution in [2.75, 3.05) is 19.5 Å². The molecular weight excluding hydrogens is 373 g/mol. The Hall–Kier alpha value is -3.20. The van der Waals surface area contributed by atoms with Crippen molar-refractivity contribution in [3.8, 4) is 17.2 Å². The molecule has 0 bridgehead atoms. The van der Waals surface area contributed by atoms with Gasteiger partial charge >= 0.3 is 0 Å². The van der Waals surface area contributed by atoms with Gasteiger partial charge in [0, 0.05) is 5.56 Å². The van der Waals surface area contributed by atoms with E-state index in [2.05, 4.69) is 15.5 Å². The lowest BCUT2D eigenvalue weighted by molar-refractivity contribution is 0.102. The van der Waals surface area contributed by atoms with E-state index < -0.39 is 0 Å². The molecule has 140 valence electrons. The summed E-state index contributed by atoms with van der Waals surface area (Å²) in [6, 6.07) is 10.5. The number of rotatable bonds is 7. The average Bonchev–Trinajstić information content (AvgIpc) is 3.14. The Morgan fingerprint density at radius 1 is 1.07 bits per heavy atom. The molecule has 3 rings (SSSR count). The zero-order valence-corrected chi connectivity index (χ0v) is 15.4. The first-order valence-corrected chi connectivity index (χ1v) is 8.65. The van der Waals surface area contributed by atoms with Gasteiger partial charge in [-0.05, 0) is 42.5 Å². The minimum atomic E-state index is -0.349. The lowest BCUT2D eigenvalue weighted by Crippen LogP contribution is -2.12. The number of nitrogens with one attached hydrogen (secondary N) is 1. The largest absolute Gasteiger partial charge is 0.493 e. The molecule has 0 aliphatic rings. The summed E-state index contributed by atoms with van der Waals surface area (Å²) in [7, 11) is 3.02. The maximum Gasteiger partial charge on any atom is 0.257 e. The second-order valence-electron chi connectivity index (χ2n) is 5.27. The van der Waals surface area contributed by atoms with Crippen LogP contribution in [0.15, 0.2) is 42.5 Å². The molecule has 0 unspecified atom stereocenters. The van der Waals surface area contributed by atoms with Gasteiger partial charge in [0.15, 0.2) is 16.5 Å². The normalized spacial score (nSPS) is 10.3. The maximum atomic E-state index is 12.9. The van der Waals surface area contributed by atoms with E-state index >= 15 is 0 Å². The van der Waals surface area contributed by atoms with E-state index in [-0.39, 0.29) is 18.3 Å². The molecule has 0 aliphatic carbocycles. The number of benzene rings is 2. The van der Waals surface area contributed by atoms with Gasteiger partial charge in [-0.3, -0.25) is 10.1 Å². The van der Waals surface area contributed by atoms with E-state index in [1.54, 1.807) is 18.2 Å². The molecule has 3 aromatic rings. The highest BCUT2D eigenvalue weighted by Gasteiger charge is 2.13. The molecule has 7 nitrogen and oxygen atoms in total. The number of carbonyl (C=O) groups is 1. The first-order chi connectivity index (χ1) is 13.1. The molecule has 0 radical (unpaired) electrons. The van der Waals surface area contributed by atoms with E-state index in [0.29, 0.717) is 33.0 Å². The lowest BCUT2D eigenvalue weighted by Gasteiger charge is -2.08. The van der Waals surface area contributed by atoms with Gasteiger partial charge in [-0.25, -0.2) is 4.39 Å². The van der Waals surface area contributed by atoms with Crippen LogP contribution < -0.4 is 19.5 Å². The number of amides is 1. The number of ether oxygens (including phenoxy) is 3. The average molecular weight is 389 g/mol. The van der Waals surface area contributed by atoms with Crippen molar-refractivity contribution < 1.29 is 23.4 Å². The number of methoxy groups -OCH3 is 2. The smallest absolute Gasteiger partial charge is 0.257 e. The zero-order chi connectivity index (χ0) is 19.2. The third kappa shape index (κ3) is 4.70. The second kappa shape index (κ2) is 8.45. The lowest BCUT2D eigenvalue weighted by atomic mass is 10.2. The van der Waals surface area contributed by atoms with Gasteiger partial charge in [0.1, 0.15) is 18.2 Å². The second-order valence-corrected chi connectivity index (χ2v) is 6.33. The van der Waals surface area contributed by atoms with Crippen LogP contribution in [-0.4, -0.2) is 30.3 Å². The van der Waals surface area contributed by atoms with Crippen LogP contribution in [0.25, 0.3) is 0 Å². The quantitative estimate of drug-likeness (QED) is 0.666. The number of nitrogens with zero attached hydrogens (tertiary/aromatic N) is 2. The van der Waals surface area contributed by atoms with Crippen molar-refractivity contribution in [2.45, 2.75) is 6.61 Å². The van der Waals surface area contributed by atoms with E-state index in [4.69, 9.17) is 14.2 Å². The monoisotopic (exact) mass is 389 g/mol. The number of anilines is 1. The Balaban J connectivity index is 1.61. The fourth-order valence-electron chi connectivity index (χ4n) is 2.19. The Morgan fingerprint density at radius 2 is 1.81 bits per heavy atom. The van der Waals surface area contributed by atoms with Gasteiger partial charge in [-0.1, -0.05) is 11.3 Å². The van der Waals surface area contributed by atoms with Crippen LogP contribution in [0.1, 0.15) is 15.4 Å². The standard InChI is InChI=1S/C18H16FN3O4S/c1-24-14-8-3-11(9-15(14)25-2)17(23)20-18-22-21-16(27-18)10-26-13-6-4-12(19)5-7-13/h3-9H,10H2,1-2H3,(H,20,22,23). The van der Waals surface area contributed by atoms with Crippen molar-refractivity contribution in [2.24, 2.45) is 0 Å². The third-order valence-corrected chi connectivity index (χ3v) is 4.32. The van der Waals surface area contributed by atoms with E-state index in [1.807, 2.05) is 0 Å². The van der Waals surface area contributed by atoms with Crippen molar-refractivity contribution in [1.82, 2.24) is 10.2 Å². The van der Waals surface area contributed by atoms with Crippen LogP contribution >= 0.6 is 11.3 Å². The molecule has 1 N–H and O–H groups in total. The summed E-state index contributed by atoms with van der Waals surface area (Å²) in [4.78, 5) is 12.4. The molecule has 27 heavy (non-hydrogen) atoms. The number of hydrogen-bond acceptors (Lipinski definition) is 7. The Kier molecular flexibility index (Phi) is 5.82. The fraction of sp³-hybridized carbons (Fsp3) is 0.167.